The summed E-state index contributed by atoms with van der Waals surface area (Å²) < 4.78 is 48.2. The Morgan fingerprint density at radius 3 is 2.02 bits per heavy atom. The predicted octanol–water partition coefficient (Wildman–Crippen LogP) is 7.14. The molecule has 2 aromatic heterocycles. The van der Waals surface area contributed by atoms with E-state index in [0.717, 1.165) is 28.8 Å². The predicted molar refractivity (Wildman–Crippen MR) is 231 cm³/mol. The quantitative estimate of drug-likeness (QED) is 0.0749. The Labute approximate surface area is 358 Å². The van der Waals surface area contributed by atoms with Crippen LogP contribution in [0.5, 0.6) is 40.5 Å². The summed E-state index contributed by atoms with van der Waals surface area (Å²) in [6.07, 6.45) is 3.38. The van der Waals surface area contributed by atoms with E-state index in [1.165, 1.54) is 4.90 Å². The van der Waals surface area contributed by atoms with Crippen molar-refractivity contribution < 1.29 is 47.8 Å². The lowest BCUT2D eigenvalue weighted by molar-refractivity contribution is 0.0277. The van der Waals surface area contributed by atoms with Crippen molar-refractivity contribution in [3.8, 4) is 40.5 Å². The third kappa shape index (κ3) is 12.2. The molecule has 0 aliphatic carbocycles. The summed E-state index contributed by atoms with van der Waals surface area (Å²) in [6.45, 7) is 8.69. The minimum absolute atomic E-state index is 0.0457. The molecule has 61 heavy (non-hydrogen) atoms. The summed E-state index contributed by atoms with van der Waals surface area (Å²) in [5.41, 5.74) is 3.27. The lowest BCUT2D eigenvalue weighted by Gasteiger charge is -2.27. The van der Waals surface area contributed by atoms with E-state index in [1.54, 1.807) is 53.3 Å². The number of methoxy groups -OCH3 is 5. The molecular formula is C45H60N6O10. The third-order valence-electron chi connectivity index (χ3n) is 9.74. The molecule has 330 valence electrons. The number of carbonyl (C=O) groups excluding carboxylic acids is 1. The van der Waals surface area contributed by atoms with Crippen LogP contribution in [0.2, 0.25) is 0 Å². The van der Waals surface area contributed by atoms with Crippen LogP contribution >= 0.6 is 0 Å². The maximum Gasteiger partial charge on any atom is 0.410 e. The summed E-state index contributed by atoms with van der Waals surface area (Å²) in [5, 5.41) is 14.8. The molecule has 0 bridgehead atoms. The lowest BCUT2D eigenvalue weighted by atomic mass is 10.1. The van der Waals surface area contributed by atoms with Gasteiger partial charge in [-0.3, -0.25) is 0 Å². The number of likely N-dealkylation sites (N-methyl/N-ethyl adjacent to an activating group) is 1. The van der Waals surface area contributed by atoms with Crippen molar-refractivity contribution in [2.24, 2.45) is 0 Å². The molecule has 3 aromatic carbocycles. The normalized spacial score (nSPS) is 11.8. The first-order valence-corrected chi connectivity index (χ1v) is 20.3. The Kier molecular flexibility index (Phi) is 16.1. The zero-order valence-corrected chi connectivity index (χ0v) is 37.0. The molecule has 0 spiro atoms. The SMILES string of the molecule is CCC[C@H](CCO)Oc1nc(N(Cc2ccc(OC)cc2OC)Cc2ccc(OC)cc2OC)c2ncc(Cc3ccc(OC)c(OCCN(C)C(=O)OC(C)(C)C)c3)n2n1. The van der Waals surface area contributed by atoms with E-state index in [2.05, 4.69) is 11.8 Å². The fourth-order valence-electron chi connectivity index (χ4n) is 6.61. The van der Waals surface area contributed by atoms with Gasteiger partial charge in [-0.15, -0.1) is 5.10 Å². The van der Waals surface area contributed by atoms with Crippen LogP contribution in [0, 0.1) is 0 Å². The summed E-state index contributed by atoms with van der Waals surface area (Å²) in [4.78, 5) is 26.0. The number of anilines is 1. The molecule has 0 radical (unpaired) electrons. The molecule has 0 aliphatic rings. The van der Waals surface area contributed by atoms with Gasteiger partial charge in [0.2, 0.25) is 0 Å². The van der Waals surface area contributed by atoms with E-state index >= 15 is 0 Å². The number of amides is 1. The Hall–Kier alpha value is -6.16. The molecule has 0 fully saturated rings. The van der Waals surface area contributed by atoms with Crippen LogP contribution in [-0.2, 0) is 24.2 Å². The van der Waals surface area contributed by atoms with Crippen LogP contribution in [0.1, 0.15) is 69.3 Å². The monoisotopic (exact) mass is 844 g/mol. The number of hydrogen-bond acceptors (Lipinski definition) is 14. The molecular weight excluding hydrogens is 785 g/mol. The fraction of sp³-hybridized carbons (Fsp3) is 0.467. The number of carbonyl (C=O) groups is 1. The van der Waals surface area contributed by atoms with Crippen molar-refractivity contribution in [3.63, 3.8) is 0 Å². The number of aliphatic hydroxyl groups excluding tert-OH is 1. The van der Waals surface area contributed by atoms with Crippen molar-refractivity contribution >= 4 is 17.6 Å². The summed E-state index contributed by atoms with van der Waals surface area (Å²) in [5.74, 6) is 4.16. The van der Waals surface area contributed by atoms with Crippen molar-refractivity contribution in [2.75, 3.05) is 67.3 Å². The Bertz CT molecular complexity index is 2140. The van der Waals surface area contributed by atoms with Gasteiger partial charge in [0.1, 0.15) is 41.3 Å². The van der Waals surface area contributed by atoms with Crippen LogP contribution in [0.3, 0.4) is 0 Å². The highest BCUT2D eigenvalue weighted by Crippen LogP contribution is 2.34. The maximum atomic E-state index is 12.5. The molecule has 1 amide bonds. The van der Waals surface area contributed by atoms with Gasteiger partial charge in [0.15, 0.2) is 23.0 Å². The number of nitrogens with zero attached hydrogens (tertiary/aromatic N) is 6. The molecule has 1 N–H and O–H groups in total. The first-order valence-electron chi connectivity index (χ1n) is 20.3. The Morgan fingerprint density at radius 2 is 1.46 bits per heavy atom. The smallest absolute Gasteiger partial charge is 0.410 e. The summed E-state index contributed by atoms with van der Waals surface area (Å²) in [6, 6.07) is 17.2. The van der Waals surface area contributed by atoms with Gasteiger partial charge in [-0.1, -0.05) is 19.4 Å². The fourth-order valence-corrected chi connectivity index (χ4v) is 6.61. The number of imidazole rings is 1. The van der Waals surface area contributed by atoms with Crippen molar-refractivity contribution in [1.29, 1.82) is 0 Å². The molecule has 0 unspecified atom stereocenters. The molecule has 1 atom stereocenters. The Morgan fingerprint density at radius 1 is 0.820 bits per heavy atom. The van der Waals surface area contributed by atoms with E-state index in [4.69, 9.17) is 53.0 Å². The first kappa shape index (κ1) is 45.9. The molecule has 16 nitrogen and oxygen atoms in total. The zero-order valence-electron chi connectivity index (χ0n) is 37.0. The van der Waals surface area contributed by atoms with Gasteiger partial charge in [0, 0.05) is 62.8 Å². The summed E-state index contributed by atoms with van der Waals surface area (Å²) in [7, 11) is 9.72. The van der Waals surface area contributed by atoms with E-state index in [0.29, 0.717) is 84.9 Å². The number of fused-ring (bicyclic) bond motifs is 1. The number of ether oxygens (including phenoxy) is 8. The maximum absolute atomic E-state index is 12.5. The third-order valence-corrected chi connectivity index (χ3v) is 9.74. The highest BCUT2D eigenvalue weighted by molar-refractivity contribution is 5.68. The number of aromatic nitrogens is 4. The number of hydrogen-bond donors (Lipinski definition) is 1. The topological polar surface area (TPSA) is 161 Å². The second-order valence-corrected chi connectivity index (χ2v) is 15.4. The molecule has 0 saturated heterocycles. The molecule has 5 aromatic rings. The average molecular weight is 845 g/mol. The van der Waals surface area contributed by atoms with E-state index in [1.807, 2.05) is 75.4 Å². The second kappa shape index (κ2) is 21.4. The molecule has 5 rings (SSSR count). The van der Waals surface area contributed by atoms with Gasteiger partial charge >= 0.3 is 12.1 Å². The van der Waals surface area contributed by atoms with Gasteiger partial charge in [0.25, 0.3) is 0 Å². The molecule has 0 aliphatic heterocycles. The van der Waals surface area contributed by atoms with Gasteiger partial charge < -0.3 is 52.8 Å². The molecule has 0 saturated carbocycles. The van der Waals surface area contributed by atoms with E-state index in [9.17, 15) is 9.90 Å². The number of rotatable bonds is 22. The van der Waals surface area contributed by atoms with E-state index < -0.39 is 11.7 Å². The highest BCUT2D eigenvalue weighted by atomic mass is 16.6. The van der Waals surface area contributed by atoms with Gasteiger partial charge in [-0.2, -0.15) is 4.98 Å². The zero-order chi connectivity index (χ0) is 44.1. The molecule has 2 heterocycles. The van der Waals surface area contributed by atoms with E-state index in [-0.39, 0.29) is 25.3 Å². The van der Waals surface area contributed by atoms with Crippen molar-refractivity contribution in [2.45, 2.75) is 78.2 Å². The second-order valence-electron chi connectivity index (χ2n) is 15.4. The molecule has 16 heteroatoms. The van der Waals surface area contributed by atoms with Crippen LogP contribution in [0.15, 0.2) is 60.8 Å². The first-order chi connectivity index (χ1) is 29.3. The average Bonchev–Trinajstić information content (AvgIpc) is 3.64. The van der Waals surface area contributed by atoms with Crippen LogP contribution in [-0.4, -0.2) is 110 Å². The number of benzene rings is 3. The summed E-state index contributed by atoms with van der Waals surface area (Å²) >= 11 is 0. The highest BCUT2D eigenvalue weighted by Gasteiger charge is 2.25. The van der Waals surface area contributed by atoms with Crippen LogP contribution in [0.25, 0.3) is 5.65 Å². The van der Waals surface area contributed by atoms with Gasteiger partial charge in [-0.05, 0) is 69.2 Å². The van der Waals surface area contributed by atoms with Crippen LogP contribution < -0.4 is 38.1 Å². The largest absolute Gasteiger partial charge is 0.497 e. The van der Waals surface area contributed by atoms with Crippen LogP contribution in [0.4, 0.5) is 10.6 Å². The minimum atomic E-state index is -0.608. The Balaban J connectivity index is 1.57. The van der Waals surface area contributed by atoms with Gasteiger partial charge in [-0.25, -0.2) is 14.3 Å². The van der Waals surface area contributed by atoms with Crippen molar-refractivity contribution in [3.05, 3.63) is 83.2 Å². The standard InChI is InChI=1S/C45H60N6O10/c1-11-12-34(19-21-52)60-43-47-42(50(28-31-14-16-35(54-6)25-38(31)57-9)29-32-15-17-36(55-7)26-39(32)58-10)41-46-27-33(51(41)48-43)23-30-13-18-37(56-8)40(24-30)59-22-20-49(5)44(53)61-45(2,3)4/h13-18,24-27,34,52H,11-12,19-23,28-29H2,1-10H3/t34-/m1/s1. The van der Waals surface area contributed by atoms with Crippen molar-refractivity contribution in [1.82, 2.24) is 24.5 Å². The minimum Gasteiger partial charge on any atom is -0.497 e. The lowest BCUT2D eigenvalue weighted by Crippen LogP contribution is -2.36. The van der Waals surface area contributed by atoms with Gasteiger partial charge in [0.05, 0.1) is 54.0 Å². The number of aliphatic hydroxyl groups is 1.